The largest absolute Gasteiger partial charge is 0.355 e. The van der Waals surface area contributed by atoms with Gasteiger partial charge in [0.05, 0.1) is 11.4 Å². The minimum atomic E-state index is 0.795. The molecule has 0 spiro atoms. The van der Waals surface area contributed by atoms with Gasteiger partial charge in [-0.1, -0.05) is 0 Å². The second-order valence-electron chi connectivity index (χ2n) is 4.11. The van der Waals surface area contributed by atoms with E-state index in [1.54, 1.807) is 0 Å². The van der Waals surface area contributed by atoms with Gasteiger partial charge in [-0.2, -0.15) is 10.2 Å². The first-order valence-electron chi connectivity index (χ1n) is 6.15. The summed E-state index contributed by atoms with van der Waals surface area (Å²) in [5.74, 6) is 1.63. The number of nitrogens with one attached hydrogen (secondary N) is 1. The maximum Gasteiger partial charge on any atom is 0.224 e. The van der Waals surface area contributed by atoms with Crippen LogP contribution in [0.3, 0.4) is 0 Å². The molecular formula is C12H18N6. The molecule has 0 aliphatic rings. The van der Waals surface area contributed by atoms with Crippen LogP contribution < -0.4 is 5.32 Å². The fraction of sp³-hybridized carbons (Fsp3) is 0.500. The van der Waals surface area contributed by atoms with E-state index in [2.05, 4.69) is 32.6 Å². The van der Waals surface area contributed by atoms with Crippen LogP contribution in [-0.2, 0) is 6.54 Å². The minimum Gasteiger partial charge on any atom is -0.355 e. The average molecular weight is 246 g/mol. The molecule has 0 aromatic carbocycles. The van der Waals surface area contributed by atoms with E-state index in [9.17, 15) is 0 Å². The average Bonchev–Trinajstić information content (AvgIpc) is 2.75. The summed E-state index contributed by atoms with van der Waals surface area (Å²) in [6, 6.07) is 1.99. The first kappa shape index (κ1) is 12.5. The van der Waals surface area contributed by atoms with Crippen molar-refractivity contribution in [1.29, 1.82) is 0 Å². The summed E-state index contributed by atoms with van der Waals surface area (Å²) in [7, 11) is 0. The Labute approximate surface area is 106 Å². The highest BCUT2D eigenvalue weighted by Crippen LogP contribution is 2.22. The Hall–Kier alpha value is -1.98. The first-order chi connectivity index (χ1) is 8.67. The topological polar surface area (TPSA) is 68.5 Å². The van der Waals surface area contributed by atoms with Gasteiger partial charge in [-0.15, -0.1) is 10.2 Å². The fourth-order valence-electron chi connectivity index (χ4n) is 1.87. The highest BCUT2D eigenvalue weighted by molar-refractivity contribution is 5.60. The highest BCUT2D eigenvalue weighted by Gasteiger charge is 2.15. The molecule has 0 atom stereocenters. The van der Waals surface area contributed by atoms with Crippen LogP contribution in [-0.4, -0.2) is 31.5 Å². The molecule has 0 saturated heterocycles. The van der Waals surface area contributed by atoms with Crippen LogP contribution in [0.1, 0.15) is 25.2 Å². The maximum atomic E-state index is 4.26. The number of aryl methyl sites for hydroxylation is 2. The molecule has 0 aliphatic heterocycles. The second kappa shape index (κ2) is 5.12. The van der Waals surface area contributed by atoms with Crippen molar-refractivity contribution in [2.75, 3.05) is 11.9 Å². The van der Waals surface area contributed by atoms with Crippen molar-refractivity contribution in [2.45, 2.75) is 34.2 Å². The highest BCUT2D eigenvalue weighted by atomic mass is 15.3. The molecule has 6 nitrogen and oxygen atoms in total. The summed E-state index contributed by atoms with van der Waals surface area (Å²) in [4.78, 5) is 0. The van der Waals surface area contributed by atoms with Crippen molar-refractivity contribution < 1.29 is 0 Å². The second-order valence-corrected chi connectivity index (χ2v) is 4.11. The predicted molar refractivity (Wildman–Crippen MR) is 70.4 cm³/mol. The van der Waals surface area contributed by atoms with Gasteiger partial charge in [0.2, 0.25) is 5.95 Å². The van der Waals surface area contributed by atoms with Gasteiger partial charge < -0.3 is 5.32 Å². The monoisotopic (exact) mass is 246 g/mol. The third kappa shape index (κ3) is 2.18. The Morgan fingerprint density at radius 2 is 1.89 bits per heavy atom. The molecule has 2 aromatic heterocycles. The Morgan fingerprint density at radius 1 is 1.11 bits per heavy atom. The molecule has 2 heterocycles. The summed E-state index contributed by atoms with van der Waals surface area (Å²) in [5, 5.41) is 19.8. The van der Waals surface area contributed by atoms with E-state index in [1.165, 1.54) is 0 Å². The fourth-order valence-corrected chi connectivity index (χ4v) is 1.87. The van der Waals surface area contributed by atoms with Crippen molar-refractivity contribution >= 4 is 5.95 Å². The number of nitrogens with zero attached hydrogens (tertiary/aromatic N) is 5. The van der Waals surface area contributed by atoms with Gasteiger partial charge in [0.25, 0.3) is 0 Å². The van der Waals surface area contributed by atoms with Crippen LogP contribution in [0, 0.1) is 13.8 Å². The molecule has 0 saturated carbocycles. The van der Waals surface area contributed by atoms with E-state index < -0.39 is 0 Å². The molecule has 0 bridgehead atoms. The number of anilines is 1. The molecular weight excluding hydrogens is 228 g/mol. The summed E-state index contributed by atoms with van der Waals surface area (Å²) < 4.78 is 2.05. The molecule has 0 amide bonds. The number of hydrogen-bond acceptors (Lipinski definition) is 5. The molecule has 18 heavy (non-hydrogen) atoms. The molecule has 0 fully saturated rings. The van der Waals surface area contributed by atoms with Crippen molar-refractivity contribution in [3.8, 4) is 11.4 Å². The van der Waals surface area contributed by atoms with Gasteiger partial charge in [0.15, 0.2) is 5.82 Å². The third-order valence-corrected chi connectivity index (χ3v) is 2.74. The molecule has 0 radical (unpaired) electrons. The van der Waals surface area contributed by atoms with E-state index in [1.807, 2.05) is 31.4 Å². The van der Waals surface area contributed by atoms with Crippen LogP contribution in [0.4, 0.5) is 5.95 Å². The summed E-state index contributed by atoms with van der Waals surface area (Å²) in [5.41, 5.74) is 2.73. The van der Waals surface area contributed by atoms with Crippen LogP contribution in [0.2, 0.25) is 0 Å². The molecule has 0 aliphatic carbocycles. The lowest BCUT2D eigenvalue weighted by atomic mass is 10.2. The SMILES string of the molecule is CCNc1nnc(-c2cc(C)nnc2C)n1CC. The number of hydrogen-bond donors (Lipinski definition) is 1. The summed E-state index contributed by atoms with van der Waals surface area (Å²) in [6.07, 6.45) is 0. The summed E-state index contributed by atoms with van der Waals surface area (Å²) in [6.45, 7) is 9.61. The van der Waals surface area contributed by atoms with E-state index in [0.29, 0.717) is 0 Å². The Bertz CT molecular complexity index is 545. The lowest BCUT2D eigenvalue weighted by Gasteiger charge is -2.09. The van der Waals surface area contributed by atoms with E-state index in [-0.39, 0.29) is 0 Å². The van der Waals surface area contributed by atoms with Gasteiger partial charge in [-0.3, -0.25) is 4.57 Å². The Morgan fingerprint density at radius 3 is 2.56 bits per heavy atom. The Balaban J connectivity index is 2.53. The molecule has 2 aromatic rings. The molecule has 0 unspecified atom stereocenters. The van der Waals surface area contributed by atoms with E-state index in [4.69, 9.17) is 0 Å². The standard InChI is InChI=1S/C12H18N6/c1-5-13-12-17-16-11(18(12)6-2)10-7-8(3)14-15-9(10)4/h7H,5-6H2,1-4H3,(H,13,17). The van der Waals surface area contributed by atoms with Crippen LogP contribution in [0.5, 0.6) is 0 Å². The smallest absolute Gasteiger partial charge is 0.224 e. The lowest BCUT2D eigenvalue weighted by Crippen LogP contribution is -2.07. The van der Waals surface area contributed by atoms with Gasteiger partial charge in [-0.25, -0.2) is 0 Å². The quantitative estimate of drug-likeness (QED) is 0.891. The minimum absolute atomic E-state index is 0.795. The van der Waals surface area contributed by atoms with Crippen molar-refractivity contribution in [1.82, 2.24) is 25.0 Å². The maximum absolute atomic E-state index is 4.26. The van der Waals surface area contributed by atoms with Crippen molar-refractivity contribution in [3.05, 3.63) is 17.5 Å². The number of rotatable bonds is 4. The zero-order chi connectivity index (χ0) is 13.1. The first-order valence-corrected chi connectivity index (χ1v) is 6.15. The van der Waals surface area contributed by atoms with Gasteiger partial charge in [0.1, 0.15) is 0 Å². The van der Waals surface area contributed by atoms with E-state index in [0.717, 1.165) is 41.8 Å². The lowest BCUT2D eigenvalue weighted by molar-refractivity contribution is 0.767. The van der Waals surface area contributed by atoms with Crippen molar-refractivity contribution in [2.24, 2.45) is 0 Å². The van der Waals surface area contributed by atoms with Gasteiger partial charge in [-0.05, 0) is 33.8 Å². The van der Waals surface area contributed by atoms with Gasteiger partial charge in [0, 0.05) is 18.7 Å². The third-order valence-electron chi connectivity index (χ3n) is 2.74. The molecule has 1 N–H and O–H groups in total. The van der Waals surface area contributed by atoms with Crippen LogP contribution in [0.15, 0.2) is 6.07 Å². The van der Waals surface area contributed by atoms with Gasteiger partial charge >= 0.3 is 0 Å². The Kier molecular flexibility index (Phi) is 3.55. The normalized spacial score (nSPS) is 10.7. The van der Waals surface area contributed by atoms with Crippen molar-refractivity contribution in [3.63, 3.8) is 0 Å². The van der Waals surface area contributed by atoms with E-state index >= 15 is 0 Å². The number of aromatic nitrogens is 5. The summed E-state index contributed by atoms with van der Waals surface area (Å²) >= 11 is 0. The molecule has 6 heteroatoms. The predicted octanol–water partition coefficient (Wildman–Crippen LogP) is 1.80. The molecule has 2 rings (SSSR count). The zero-order valence-electron chi connectivity index (χ0n) is 11.2. The zero-order valence-corrected chi connectivity index (χ0v) is 11.2. The molecule has 96 valence electrons. The van der Waals surface area contributed by atoms with Crippen LogP contribution >= 0.6 is 0 Å². The van der Waals surface area contributed by atoms with Crippen LogP contribution in [0.25, 0.3) is 11.4 Å².